The molecule has 0 aliphatic carbocycles. The molecular weight excluding hydrogens is 448 g/mol. The molecule has 1 saturated heterocycles. The fraction of sp³-hybridized carbons (Fsp3) is 0.231. The highest BCUT2D eigenvalue weighted by Crippen LogP contribution is 2.32. The summed E-state index contributed by atoms with van der Waals surface area (Å²) in [5, 5.41) is 10.3. The molecule has 35 heavy (non-hydrogen) atoms. The van der Waals surface area contributed by atoms with E-state index in [0.29, 0.717) is 17.0 Å². The second-order valence-electron chi connectivity index (χ2n) is 8.89. The minimum absolute atomic E-state index is 0.0390. The van der Waals surface area contributed by atoms with Crippen molar-refractivity contribution in [3.63, 3.8) is 0 Å². The molecule has 3 aromatic rings. The third-order valence-corrected chi connectivity index (χ3v) is 6.42. The van der Waals surface area contributed by atoms with Crippen LogP contribution >= 0.6 is 0 Å². The molecule has 0 aromatic heterocycles. The molecule has 5 amide bonds. The molecule has 5 rings (SSSR count). The molecular formula is C26H24N4O5. The highest BCUT2D eigenvalue weighted by molar-refractivity contribution is 6.09. The molecule has 1 fully saturated rings. The Kier molecular flexibility index (Phi) is 5.39. The first-order chi connectivity index (χ1) is 16.7. The molecule has 0 radical (unpaired) electrons. The summed E-state index contributed by atoms with van der Waals surface area (Å²) in [7, 11) is 0. The van der Waals surface area contributed by atoms with Gasteiger partial charge in [0.05, 0.1) is 11.7 Å². The molecule has 0 spiro atoms. The Morgan fingerprint density at radius 3 is 2.66 bits per heavy atom. The normalized spacial score (nSPS) is 20.1. The molecule has 3 N–H and O–H groups in total. The summed E-state index contributed by atoms with van der Waals surface area (Å²) >= 11 is 0. The minimum atomic E-state index is -1.27. The van der Waals surface area contributed by atoms with Crippen molar-refractivity contribution in [2.75, 3.05) is 18.5 Å². The van der Waals surface area contributed by atoms with E-state index < -0.39 is 36.0 Å². The maximum atomic E-state index is 13.3. The Bertz CT molecular complexity index is 1390. The number of hydrogen-bond acceptors (Lipinski definition) is 5. The topological polar surface area (TPSA) is 117 Å². The lowest BCUT2D eigenvalue weighted by atomic mass is 9.90. The van der Waals surface area contributed by atoms with Gasteiger partial charge >= 0.3 is 6.03 Å². The number of benzene rings is 3. The van der Waals surface area contributed by atoms with Gasteiger partial charge in [0.1, 0.15) is 17.8 Å². The number of carbonyl (C=O) groups is 4. The predicted molar refractivity (Wildman–Crippen MR) is 129 cm³/mol. The van der Waals surface area contributed by atoms with Crippen molar-refractivity contribution in [3.05, 3.63) is 71.8 Å². The molecule has 178 valence electrons. The predicted octanol–water partition coefficient (Wildman–Crippen LogP) is 2.82. The number of rotatable bonds is 5. The second-order valence-corrected chi connectivity index (χ2v) is 8.89. The Labute approximate surface area is 201 Å². The zero-order chi connectivity index (χ0) is 24.7. The lowest BCUT2D eigenvalue weighted by Crippen LogP contribution is -2.43. The average Bonchev–Trinajstić information content (AvgIpc) is 3.06. The number of ether oxygens (including phenoxy) is 1. The van der Waals surface area contributed by atoms with Crippen LogP contribution in [0.3, 0.4) is 0 Å². The van der Waals surface area contributed by atoms with Gasteiger partial charge in [-0.1, -0.05) is 42.5 Å². The number of imide groups is 1. The zero-order valence-corrected chi connectivity index (χ0v) is 19.3. The summed E-state index contributed by atoms with van der Waals surface area (Å²) in [5.41, 5.74) is 0.634. The standard InChI is InChI=1S/C26H24N4O5/c1-15(17-8-10-21-20(12-17)28-23(32)14-35-21)27-22(31)13-30-24(33)26(2,29-25(30)34)19-9-7-16-5-3-4-6-18(16)11-19/h3-12,15H,13-14H2,1-2H3,(H,27,31)(H,28,32)(H,29,34)/t15-,26-/m0/s1. The van der Waals surface area contributed by atoms with E-state index in [0.717, 1.165) is 21.2 Å². The van der Waals surface area contributed by atoms with E-state index in [-0.39, 0.29) is 12.5 Å². The zero-order valence-electron chi connectivity index (χ0n) is 19.3. The first-order valence-corrected chi connectivity index (χ1v) is 11.2. The molecule has 2 heterocycles. The molecule has 2 aliphatic heterocycles. The molecule has 3 aromatic carbocycles. The largest absolute Gasteiger partial charge is 0.482 e. The SMILES string of the molecule is C[C@H](NC(=O)CN1C(=O)N[C@@](C)(c2ccc3ccccc3c2)C1=O)c1ccc2c(c1)NC(=O)CO2. The number of hydrogen-bond donors (Lipinski definition) is 3. The van der Waals surface area contributed by atoms with Gasteiger partial charge in [-0.15, -0.1) is 0 Å². The Morgan fingerprint density at radius 1 is 1.09 bits per heavy atom. The van der Waals surface area contributed by atoms with Crippen molar-refractivity contribution >= 4 is 40.2 Å². The van der Waals surface area contributed by atoms with Crippen LogP contribution < -0.4 is 20.7 Å². The van der Waals surface area contributed by atoms with Crippen LogP contribution in [0.1, 0.15) is 31.0 Å². The summed E-state index contributed by atoms with van der Waals surface area (Å²) in [4.78, 5) is 51.2. The highest BCUT2D eigenvalue weighted by atomic mass is 16.5. The quantitative estimate of drug-likeness (QED) is 0.494. The van der Waals surface area contributed by atoms with Crippen molar-refractivity contribution in [2.24, 2.45) is 0 Å². The van der Waals surface area contributed by atoms with Gasteiger partial charge in [0.15, 0.2) is 6.61 Å². The number of urea groups is 1. The van der Waals surface area contributed by atoms with E-state index in [1.807, 2.05) is 42.5 Å². The molecule has 0 unspecified atom stereocenters. The van der Waals surface area contributed by atoms with Crippen LogP contribution in [0.15, 0.2) is 60.7 Å². The maximum absolute atomic E-state index is 13.3. The van der Waals surface area contributed by atoms with E-state index in [9.17, 15) is 19.2 Å². The molecule has 2 aliphatic rings. The first-order valence-electron chi connectivity index (χ1n) is 11.2. The van der Waals surface area contributed by atoms with Gasteiger partial charge in [-0.2, -0.15) is 0 Å². The van der Waals surface area contributed by atoms with Gasteiger partial charge in [-0.05, 0) is 53.9 Å². The molecule has 2 atom stereocenters. The van der Waals surface area contributed by atoms with E-state index in [4.69, 9.17) is 4.74 Å². The van der Waals surface area contributed by atoms with Crippen LogP contribution in [-0.2, 0) is 19.9 Å². The van der Waals surface area contributed by atoms with Crippen LogP contribution in [0.5, 0.6) is 5.75 Å². The average molecular weight is 473 g/mol. The highest BCUT2D eigenvalue weighted by Gasteiger charge is 2.49. The van der Waals surface area contributed by atoms with Gasteiger partial charge in [0, 0.05) is 0 Å². The summed E-state index contributed by atoms with van der Waals surface area (Å²) in [6.45, 7) is 2.96. The fourth-order valence-corrected chi connectivity index (χ4v) is 4.42. The van der Waals surface area contributed by atoms with Crippen molar-refractivity contribution in [2.45, 2.75) is 25.4 Å². The lowest BCUT2D eigenvalue weighted by Gasteiger charge is -2.23. The van der Waals surface area contributed by atoms with Crippen molar-refractivity contribution < 1.29 is 23.9 Å². The molecule has 0 bridgehead atoms. The third-order valence-electron chi connectivity index (χ3n) is 6.42. The van der Waals surface area contributed by atoms with Crippen LogP contribution in [0.4, 0.5) is 10.5 Å². The van der Waals surface area contributed by atoms with Crippen molar-refractivity contribution in [1.29, 1.82) is 0 Å². The smallest absolute Gasteiger partial charge is 0.325 e. The number of anilines is 1. The Morgan fingerprint density at radius 2 is 1.86 bits per heavy atom. The summed E-state index contributed by atoms with van der Waals surface area (Å²) < 4.78 is 5.36. The molecule has 9 nitrogen and oxygen atoms in total. The van der Waals surface area contributed by atoms with Gasteiger partial charge in [0.2, 0.25) is 5.91 Å². The van der Waals surface area contributed by atoms with E-state index in [2.05, 4.69) is 16.0 Å². The van der Waals surface area contributed by atoms with Crippen LogP contribution in [0.25, 0.3) is 10.8 Å². The first kappa shape index (κ1) is 22.4. The van der Waals surface area contributed by atoms with E-state index in [1.54, 1.807) is 32.0 Å². The van der Waals surface area contributed by atoms with E-state index in [1.165, 1.54) is 0 Å². The second kappa shape index (κ2) is 8.43. The van der Waals surface area contributed by atoms with Crippen molar-refractivity contribution in [3.8, 4) is 5.75 Å². The third kappa shape index (κ3) is 4.05. The van der Waals surface area contributed by atoms with Crippen LogP contribution in [-0.4, -0.2) is 41.8 Å². The van der Waals surface area contributed by atoms with E-state index >= 15 is 0 Å². The number of fused-ring (bicyclic) bond motifs is 2. The Balaban J connectivity index is 1.29. The number of carbonyl (C=O) groups excluding carboxylic acids is 4. The molecule has 0 saturated carbocycles. The van der Waals surface area contributed by atoms with Crippen LogP contribution in [0, 0.1) is 0 Å². The number of amides is 5. The minimum Gasteiger partial charge on any atom is -0.482 e. The van der Waals surface area contributed by atoms with Crippen molar-refractivity contribution in [1.82, 2.24) is 15.5 Å². The van der Waals surface area contributed by atoms with Gasteiger partial charge in [0.25, 0.3) is 11.8 Å². The van der Waals surface area contributed by atoms with Crippen LogP contribution in [0.2, 0.25) is 0 Å². The van der Waals surface area contributed by atoms with Gasteiger partial charge in [-0.3, -0.25) is 19.3 Å². The maximum Gasteiger partial charge on any atom is 0.325 e. The Hall–Kier alpha value is -4.40. The lowest BCUT2D eigenvalue weighted by molar-refractivity contribution is -0.135. The number of nitrogens with one attached hydrogen (secondary N) is 3. The fourth-order valence-electron chi connectivity index (χ4n) is 4.42. The summed E-state index contributed by atoms with van der Waals surface area (Å²) in [6, 6.07) is 17.5. The number of nitrogens with zero attached hydrogens (tertiary/aromatic N) is 1. The summed E-state index contributed by atoms with van der Waals surface area (Å²) in [5.74, 6) is -0.672. The van der Waals surface area contributed by atoms with Gasteiger partial charge < -0.3 is 20.7 Å². The summed E-state index contributed by atoms with van der Waals surface area (Å²) in [6.07, 6.45) is 0. The monoisotopic (exact) mass is 472 g/mol. The van der Waals surface area contributed by atoms with Gasteiger partial charge in [-0.25, -0.2) is 4.79 Å². The molecule has 9 heteroatoms.